The number of benzene rings is 1. The van der Waals surface area contributed by atoms with Gasteiger partial charge in [-0.3, -0.25) is 9.36 Å². The number of hydrogen-bond donors (Lipinski definition) is 2. The highest BCUT2D eigenvalue weighted by atomic mass is 35.5. The molecule has 0 saturated carbocycles. The summed E-state index contributed by atoms with van der Waals surface area (Å²) in [6.45, 7) is 1.94. The minimum absolute atomic E-state index is 0.0918. The Morgan fingerprint density at radius 1 is 1.45 bits per heavy atom. The van der Waals surface area contributed by atoms with Gasteiger partial charge in [0, 0.05) is 5.02 Å². The predicted octanol–water partition coefficient (Wildman–Crippen LogP) is 2.30. The number of hydrogen-bond acceptors (Lipinski definition) is 5. The minimum Gasteiger partial charge on any atom is -0.481 e. The molecule has 0 bridgehead atoms. The zero-order valence-corrected chi connectivity index (χ0v) is 12.2. The molecule has 0 aliphatic rings. The molecular weight excluding hydrogens is 300 g/mol. The van der Waals surface area contributed by atoms with Crippen LogP contribution in [0.1, 0.15) is 18.5 Å². The van der Waals surface area contributed by atoms with Gasteiger partial charge >= 0.3 is 5.97 Å². The Labute approximate surface area is 124 Å². The molecule has 0 fully saturated rings. The van der Waals surface area contributed by atoms with Crippen LogP contribution in [0.4, 0.5) is 5.95 Å². The van der Waals surface area contributed by atoms with Crippen LogP contribution < -0.4 is 5.73 Å². The van der Waals surface area contributed by atoms with Crippen molar-refractivity contribution in [2.75, 3.05) is 11.5 Å². The molecule has 1 aromatic heterocycles. The molecule has 0 saturated heterocycles. The highest BCUT2D eigenvalue weighted by Crippen LogP contribution is 2.27. The van der Waals surface area contributed by atoms with Crippen LogP contribution >= 0.6 is 23.4 Å². The fraction of sp³-hybridized carbons (Fsp3) is 0.250. The SMILES string of the molecule is CC(c1ccc(Cl)cc1)n1c(N)nnc1SCC(=O)O. The predicted molar refractivity (Wildman–Crippen MR) is 78.1 cm³/mol. The van der Waals surface area contributed by atoms with Crippen LogP contribution in [-0.4, -0.2) is 31.6 Å². The van der Waals surface area contributed by atoms with Gasteiger partial charge in [0.2, 0.25) is 5.95 Å². The van der Waals surface area contributed by atoms with Crippen molar-refractivity contribution >= 4 is 35.3 Å². The number of thioether (sulfide) groups is 1. The maximum absolute atomic E-state index is 10.6. The monoisotopic (exact) mass is 312 g/mol. The van der Waals surface area contributed by atoms with Gasteiger partial charge in [-0.1, -0.05) is 35.5 Å². The quantitative estimate of drug-likeness (QED) is 0.823. The van der Waals surface area contributed by atoms with E-state index in [4.69, 9.17) is 22.4 Å². The number of nitrogen functional groups attached to an aromatic ring is 1. The third kappa shape index (κ3) is 3.23. The lowest BCUT2D eigenvalue weighted by Crippen LogP contribution is -2.12. The average Bonchev–Trinajstić information content (AvgIpc) is 2.77. The zero-order chi connectivity index (χ0) is 14.7. The topological polar surface area (TPSA) is 94.0 Å². The van der Waals surface area contributed by atoms with Crippen molar-refractivity contribution in [1.29, 1.82) is 0 Å². The molecule has 1 unspecified atom stereocenters. The molecule has 2 rings (SSSR count). The van der Waals surface area contributed by atoms with E-state index >= 15 is 0 Å². The summed E-state index contributed by atoms with van der Waals surface area (Å²) in [7, 11) is 0. The largest absolute Gasteiger partial charge is 0.481 e. The summed E-state index contributed by atoms with van der Waals surface area (Å²) < 4.78 is 1.71. The molecule has 20 heavy (non-hydrogen) atoms. The smallest absolute Gasteiger partial charge is 0.313 e. The third-order valence-electron chi connectivity index (χ3n) is 2.76. The molecule has 1 heterocycles. The van der Waals surface area contributed by atoms with E-state index in [0.29, 0.717) is 10.2 Å². The van der Waals surface area contributed by atoms with Gasteiger partial charge in [-0.15, -0.1) is 10.2 Å². The maximum Gasteiger partial charge on any atom is 0.313 e. The second kappa shape index (κ2) is 6.15. The van der Waals surface area contributed by atoms with E-state index in [2.05, 4.69) is 10.2 Å². The van der Waals surface area contributed by atoms with Crippen molar-refractivity contribution in [1.82, 2.24) is 14.8 Å². The van der Waals surface area contributed by atoms with Gasteiger partial charge in [0.15, 0.2) is 5.16 Å². The molecule has 0 aliphatic carbocycles. The summed E-state index contributed by atoms with van der Waals surface area (Å²) in [5.41, 5.74) is 6.80. The van der Waals surface area contributed by atoms with E-state index in [9.17, 15) is 4.79 Å². The van der Waals surface area contributed by atoms with Crippen molar-refractivity contribution in [3.05, 3.63) is 34.9 Å². The zero-order valence-electron chi connectivity index (χ0n) is 10.7. The molecular formula is C12H13ClN4O2S. The molecule has 2 aromatic rings. The normalized spacial score (nSPS) is 12.3. The molecule has 0 amide bonds. The Morgan fingerprint density at radius 2 is 2.10 bits per heavy atom. The van der Waals surface area contributed by atoms with Crippen molar-refractivity contribution in [2.45, 2.75) is 18.1 Å². The second-order valence-electron chi connectivity index (χ2n) is 4.12. The standard InChI is InChI=1S/C12H13ClN4O2S/c1-7(8-2-4-9(13)5-3-8)17-11(14)15-16-12(17)20-6-10(18)19/h2-5,7H,6H2,1H3,(H2,14,15)(H,18,19). The number of carbonyl (C=O) groups is 1. The van der Waals surface area contributed by atoms with Crippen LogP contribution in [-0.2, 0) is 4.79 Å². The van der Waals surface area contributed by atoms with E-state index < -0.39 is 5.97 Å². The van der Waals surface area contributed by atoms with Crippen LogP contribution in [0.3, 0.4) is 0 Å². The molecule has 3 N–H and O–H groups in total. The first-order valence-electron chi connectivity index (χ1n) is 5.79. The molecule has 0 aliphatic heterocycles. The Morgan fingerprint density at radius 3 is 2.70 bits per heavy atom. The molecule has 106 valence electrons. The summed E-state index contributed by atoms with van der Waals surface area (Å²) in [6, 6.07) is 7.24. The van der Waals surface area contributed by atoms with Crippen LogP contribution in [0.25, 0.3) is 0 Å². The van der Waals surface area contributed by atoms with Gasteiger partial charge in [-0.05, 0) is 24.6 Å². The van der Waals surface area contributed by atoms with E-state index in [-0.39, 0.29) is 17.7 Å². The number of carboxylic acid groups (broad SMARTS) is 1. The number of rotatable bonds is 5. The fourth-order valence-electron chi connectivity index (χ4n) is 1.77. The molecule has 0 spiro atoms. The van der Waals surface area contributed by atoms with Crippen LogP contribution in [0.5, 0.6) is 0 Å². The second-order valence-corrected chi connectivity index (χ2v) is 5.50. The first-order chi connectivity index (χ1) is 9.49. The Kier molecular flexibility index (Phi) is 4.51. The summed E-state index contributed by atoms with van der Waals surface area (Å²) >= 11 is 6.95. The number of carboxylic acids is 1. The number of aromatic nitrogens is 3. The minimum atomic E-state index is -0.915. The lowest BCUT2D eigenvalue weighted by molar-refractivity contribution is -0.133. The third-order valence-corrected chi connectivity index (χ3v) is 3.94. The van der Waals surface area contributed by atoms with Gasteiger partial charge < -0.3 is 10.8 Å². The van der Waals surface area contributed by atoms with E-state index in [0.717, 1.165) is 17.3 Å². The number of halogens is 1. The lowest BCUT2D eigenvalue weighted by Gasteiger charge is -2.16. The molecule has 8 heteroatoms. The number of aliphatic carboxylic acids is 1. The van der Waals surface area contributed by atoms with Crippen LogP contribution in [0.15, 0.2) is 29.4 Å². The number of anilines is 1. The highest BCUT2D eigenvalue weighted by molar-refractivity contribution is 7.99. The van der Waals surface area contributed by atoms with E-state index in [1.54, 1.807) is 16.7 Å². The van der Waals surface area contributed by atoms with Gasteiger partial charge in [0.25, 0.3) is 0 Å². The Bertz CT molecular complexity index is 614. The van der Waals surface area contributed by atoms with E-state index in [1.165, 1.54) is 0 Å². The summed E-state index contributed by atoms with van der Waals surface area (Å²) in [5, 5.41) is 17.6. The average molecular weight is 313 g/mol. The van der Waals surface area contributed by atoms with Gasteiger partial charge in [0.05, 0.1) is 11.8 Å². The lowest BCUT2D eigenvalue weighted by atomic mass is 10.1. The summed E-state index contributed by atoms with van der Waals surface area (Å²) in [5.74, 6) is -0.756. The van der Waals surface area contributed by atoms with Crippen LogP contribution in [0, 0.1) is 0 Å². The van der Waals surface area contributed by atoms with Crippen molar-refractivity contribution in [3.63, 3.8) is 0 Å². The summed E-state index contributed by atoms with van der Waals surface area (Å²) in [4.78, 5) is 10.6. The van der Waals surface area contributed by atoms with Crippen molar-refractivity contribution in [2.24, 2.45) is 0 Å². The molecule has 0 radical (unpaired) electrons. The Hall–Kier alpha value is -1.73. The number of nitrogens with zero attached hydrogens (tertiary/aromatic N) is 3. The highest BCUT2D eigenvalue weighted by Gasteiger charge is 2.18. The number of nitrogens with two attached hydrogens (primary N) is 1. The molecule has 1 aromatic carbocycles. The maximum atomic E-state index is 10.6. The van der Waals surface area contributed by atoms with Gasteiger partial charge in [-0.2, -0.15) is 0 Å². The molecule has 1 atom stereocenters. The van der Waals surface area contributed by atoms with Crippen LogP contribution in [0.2, 0.25) is 5.02 Å². The first-order valence-corrected chi connectivity index (χ1v) is 7.16. The Balaban J connectivity index is 2.28. The first kappa shape index (κ1) is 14.7. The summed E-state index contributed by atoms with van der Waals surface area (Å²) in [6.07, 6.45) is 0. The molecule has 6 nitrogen and oxygen atoms in total. The van der Waals surface area contributed by atoms with E-state index in [1.807, 2.05) is 19.1 Å². The van der Waals surface area contributed by atoms with Gasteiger partial charge in [-0.25, -0.2) is 0 Å². The van der Waals surface area contributed by atoms with Crippen molar-refractivity contribution in [3.8, 4) is 0 Å². The fourth-order valence-corrected chi connectivity index (χ4v) is 2.64. The van der Waals surface area contributed by atoms with Gasteiger partial charge in [0.1, 0.15) is 0 Å². The van der Waals surface area contributed by atoms with Crippen molar-refractivity contribution < 1.29 is 9.90 Å².